The fraction of sp³-hybridized carbons (Fsp3) is 0. The van der Waals surface area contributed by atoms with Gasteiger partial charge < -0.3 is 0 Å². The summed E-state index contributed by atoms with van der Waals surface area (Å²) >= 11 is 1.84. The van der Waals surface area contributed by atoms with Crippen LogP contribution in [-0.2, 0) is 0 Å². The van der Waals surface area contributed by atoms with E-state index in [0.717, 1.165) is 0 Å². The van der Waals surface area contributed by atoms with E-state index in [2.05, 4.69) is 72.8 Å². The molecule has 4 rings (SSSR count). The van der Waals surface area contributed by atoms with Gasteiger partial charge in [0.2, 0.25) is 0 Å². The molecule has 0 saturated carbocycles. The first-order valence-corrected chi connectivity index (χ1v) is 7.77. The van der Waals surface area contributed by atoms with Crippen molar-refractivity contribution in [2.45, 2.75) is 0 Å². The van der Waals surface area contributed by atoms with Crippen molar-refractivity contribution in [2.75, 3.05) is 0 Å². The van der Waals surface area contributed by atoms with Gasteiger partial charge in [0, 0.05) is 9.58 Å². The first kappa shape index (κ1) is 12.4. The van der Waals surface area contributed by atoms with E-state index < -0.39 is 0 Å². The maximum Gasteiger partial charge on any atom is 0.0355 e. The lowest BCUT2D eigenvalue weighted by atomic mass is 10.0. The summed E-state index contributed by atoms with van der Waals surface area (Å²) in [6.07, 6.45) is 0. The third-order valence-corrected chi connectivity index (χ3v) is 4.79. The largest absolute Gasteiger partial charge is 0.135 e. The van der Waals surface area contributed by atoms with Crippen LogP contribution < -0.4 is 0 Å². The van der Waals surface area contributed by atoms with Gasteiger partial charge in [0.15, 0.2) is 0 Å². The Balaban J connectivity index is 1.82. The van der Waals surface area contributed by atoms with E-state index >= 15 is 0 Å². The van der Waals surface area contributed by atoms with Crippen molar-refractivity contribution in [3.63, 3.8) is 0 Å². The average molecular weight is 285 g/mol. The van der Waals surface area contributed by atoms with Gasteiger partial charge in [-0.05, 0) is 46.3 Å². The first-order chi connectivity index (χ1) is 10.4. The van der Waals surface area contributed by atoms with Crippen molar-refractivity contribution in [2.24, 2.45) is 0 Å². The Morgan fingerprint density at radius 1 is 0.667 bits per heavy atom. The van der Waals surface area contributed by atoms with Gasteiger partial charge in [0.25, 0.3) is 0 Å². The van der Waals surface area contributed by atoms with Crippen molar-refractivity contribution in [1.82, 2.24) is 0 Å². The molecule has 0 amide bonds. The van der Waals surface area contributed by atoms with E-state index in [4.69, 9.17) is 0 Å². The zero-order chi connectivity index (χ0) is 14.1. The SMILES string of the molecule is [c]1ccc(-c2cc3cc(-c4ccccc4)ccc3s2)cc1. The predicted molar refractivity (Wildman–Crippen MR) is 91.5 cm³/mol. The zero-order valence-electron chi connectivity index (χ0n) is 11.4. The highest BCUT2D eigenvalue weighted by molar-refractivity contribution is 7.22. The molecule has 0 aliphatic carbocycles. The monoisotopic (exact) mass is 285 g/mol. The minimum atomic E-state index is 1.26. The van der Waals surface area contributed by atoms with Crippen molar-refractivity contribution >= 4 is 21.4 Å². The Labute approximate surface area is 128 Å². The summed E-state index contributed by atoms with van der Waals surface area (Å²) in [6.45, 7) is 0. The van der Waals surface area contributed by atoms with Gasteiger partial charge in [-0.15, -0.1) is 11.3 Å². The second kappa shape index (κ2) is 5.19. The van der Waals surface area contributed by atoms with Crippen molar-refractivity contribution in [1.29, 1.82) is 0 Å². The summed E-state index contributed by atoms with van der Waals surface area (Å²) in [5.41, 5.74) is 3.80. The van der Waals surface area contributed by atoms with E-state index in [1.807, 2.05) is 23.5 Å². The molecule has 21 heavy (non-hydrogen) atoms. The number of benzene rings is 3. The van der Waals surface area contributed by atoms with Crippen molar-refractivity contribution < 1.29 is 0 Å². The number of hydrogen-bond acceptors (Lipinski definition) is 1. The van der Waals surface area contributed by atoms with Crippen LogP contribution in [0.1, 0.15) is 0 Å². The van der Waals surface area contributed by atoms with Gasteiger partial charge in [0.1, 0.15) is 0 Å². The fourth-order valence-electron chi connectivity index (χ4n) is 2.55. The van der Waals surface area contributed by atoms with E-state index in [-0.39, 0.29) is 0 Å². The Kier molecular flexibility index (Phi) is 3.06. The third kappa shape index (κ3) is 2.37. The lowest BCUT2D eigenvalue weighted by Gasteiger charge is -2.00. The van der Waals surface area contributed by atoms with Crippen LogP contribution in [0.4, 0.5) is 0 Å². The molecule has 0 atom stereocenters. The molecule has 0 fully saturated rings. The number of hydrogen-bond donors (Lipinski definition) is 0. The van der Waals surface area contributed by atoms with E-state index in [1.54, 1.807) is 0 Å². The van der Waals surface area contributed by atoms with E-state index in [0.29, 0.717) is 0 Å². The molecule has 0 saturated heterocycles. The van der Waals surface area contributed by atoms with Crippen LogP contribution in [0.3, 0.4) is 0 Å². The van der Waals surface area contributed by atoms with E-state index in [1.165, 1.54) is 31.7 Å². The lowest BCUT2D eigenvalue weighted by molar-refractivity contribution is 1.65. The molecule has 4 aromatic rings. The van der Waals surface area contributed by atoms with Gasteiger partial charge in [-0.2, -0.15) is 0 Å². The lowest BCUT2D eigenvalue weighted by Crippen LogP contribution is -1.75. The van der Waals surface area contributed by atoms with Gasteiger partial charge in [-0.3, -0.25) is 0 Å². The number of thiophene rings is 1. The van der Waals surface area contributed by atoms with Crippen LogP contribution in [0.5, 0.6) is 0 Å². The quantitative estimate of drug-likeness (QED) is 0.421. The topological polar surface area (TPSA) is 0 Å². The highest BCUT2D eigenvalue weighted by Crippen LogP contribution is 2.35. The molecule has 0 bridgehead atoms. The maximum atomic E-state index is 3.07. The Morgan fingerprint density at radius 2 is 1.48 bits per heavy atom. The second-order valence-corrected chi connectivity index (χ2v) is 6.10. The van der Waals surface area contributed by atoms with Crippen LogP contribution in [0.25, 0.3) is 31.7 Å². The van der Waals surface area contributed by atoms with Crippen LogP contribution in [0.2, 0.25) is 0 Å². The average Bonchev–Trinajstić information content (AvgIpc) is 2.99. The maximum absolute atomic E-state index is 3.07. The van der Waals surface area contributed by atoms with Crippen LogP contribution in [0, 0.1) is 6.07 Å². The molecule has 0 aliphatic heterocycles. The van der Waals surface area contributed by atoms with E-state index in [9.17, 15) is 0 Å². The van der Waals surface area contributed by atoms with Gasteiger partial charge in [0.05, 0.1) is 0 Å². The minimum absolute atomic E-state index is 1.26. The minimum Gasteiger partial charge on any atom is -0.135 e. The molecular weight excluding hydrogens is 272 g/mol. The molecule has 99 valence electrons. The molecule has 0 unspecified atom stereocenters. The van der Waals surface area contributed by atoms with Gasteiger partial charge >= 0.3 is 0 Å². The molecule has 1 heteroatoms. The molecule has 0 N–H and O–H groups in total. The Hall–Kier alpha value is -2.38. The van der Waals surface area contributed by atoms with Gasteiger partial charge in [-0.25, -0.2) is 0 Å². The van der Waals surface area contributed by atoms with Crippen LogP contribution in [-0.4, -0.2) is 0 Å². The fourth-order valence-corrected chi connectivity index (χ4v) is 3.60. The summed E-state index contributed by atoms with van der Waals surface area (Å²) in [7, 11) is 0. The molecule has 3 aromatic carbocycles. The molecular formula is C20H13S. The Morgan fingerprint density at radius 3 is 2.29 bits per heavy atom. The Bertz CT molecular complexity index is 836. The number of fused-ring (bicyclic) bond motifs is 1. The number of rotatable bonds is 2. The summed E-state index contributed by atoms with van der Waals surface area (Å²) in [6, 6.07) is 30.7. The summed E-state index contributed by atoms with van der Waals surface area (Å²) in [4.78, 5) is 1.31. The molecule has 1 aromatic heterocycles. The highest BCUT2D eigenvalue weighted by Gasteiger charge is 2.05. The second-order valence-electron chi connectivity index (χ2n) is 5.02. The summed E-state index contributed by atoms with van der Waals surface area (Å²) in [5.74, 6) is 0. The molecule has 0 aliphatic rings. The van der Waals surface area contributed by atoms with Crippen LogP contribution >= 0.6 is 11.3 Å². The van der Waals surface area contributed by atoms with Crippen LogP contribution in [0.15, 0.2) is 78.9 Å². The van der Waals surface area contributed by atoms with Crippen molar-refractivity contribution in [3.8, 4) is 21.6 Å². The highest BCUT2D eigenvalue weighted by atomic mass is 32.1. The predicted octanol–water partition coefficient (Wildman–Crippen LogP) is 6.04. The smallest absolute Gasteiger partial charge is 0.0355 e. The first-order valence-electron chi connectivity index (χ1n) is 6.96. The molecule has 0 nitrogen and oxygen atoms in total. The molecule has 0 spiro atoms. The normalized spacial score (nSPS) is 10.9. The molecule has 1 radical (unpaired) electrons. The summed E-state index contributed by atoms with van der Waals surface area (Å²) < 4.78 is 1.33. The van der Waals surface area contributed by atoms with Gasteiger partial charge in [-0.1, -0.05) is 60.7 Å². The standard InChI is InChI=1S/C20H13S/c1-3-7-15(8-4-1)17-11-12-19-18(13-17)14-20(21-19)16-9-5-2-6-10-16/h1,3-14H. The van der Waals surface area contributed by atoms with Crippen molar-refractivity contribution in [3.05, 3.63) is 84.9 Å². The molecule has 1 heterocycles. The third-order valence-electron chi connectivity index (χ3n) is 3.63. The summed E-state index contributed by atoms with van der Waals surface area (Å²) in [5, 5.41) is 1.31. The zero-order valence-corrected chi connectivity index (χ0v) is 12.2.